The van der Waals surface area contributed by atoms with Gasteiger partial charge in [0.15, 0.2) is 13.2 Å². The highest BCUT2D eigenvalue weighted by Crippen LogP contribution is 2.26. The largest absolute Gasteiger partial charge is 0.497 e. The molecule has 0 aromatic heterocycles. The molecule has 7 nitrogen and oxygen atoms in total. The number of aryl methyl sites for hydroxylation is 2. The molecule has 1 aliphatic rings. The van der Waals surface area contributed by atoms with Gasteiger partial charge in [0.1, 0.15) is 17.2 Å². The third-order valence-electron chi connectivity index (χ3n) is 4.43. The predicted molar refractivity (Wildman–Crippen MR) is 103 cm³/mol. The normalized spacial score (nSPS) is 12.1. The first-order chi connectivity index (χ1) is 13.6. The van der Waals surface area contributed by atoms with E-state index in [1.165, 1.54) is 25.3 Å². The van der Waals surface area contributed by atoms with Gasteiger partial charge in [0, 0.05) is 23.9 Å². The Labute approximate surface area is 163 Å². The summed E-state index contributed by atoms with van der Waals surface area (Å²) in [6.45, 7) is -0.662. The Balaban J connectivity index is 1.44. The average molecular weight is 385 g/mol. The lowest BCUT2D eigenvalue weighted by molar-refractivity contribution is -0.149. The molecule has 2 aromatic rings. The molecule has 1 aliphatic carbocycles. The van der Waals surface area contributed by atoms with E-state index in [4.69, 9.17) is 18.9 Å². The van der Waals surface area contributed by atoms with Crippen molar-refractivity contribution in [1.29, 1.82) is 0 Å². The Morgan fingerprint density at radius 2 is 1.61 bits per heavy atom. The van der Waals surface area contributed by atoms with Crippen LogP contribution in [0, 0.1) is 0 Å². The second kappa shape index (κ2) is 9.12. The van der Waals surface area contributed by atoms with Crippen LogP contribution in [-0.2, 0) is 27.2 Å². The number of benzene rings is 2. The Hall–Kier alpha value is -3.22. The maximum atomic E-state index is 12.0. The van der Waals surface area contributed by atoms with Gasteiger partial charge in [-0.25, -0.2) is 4.79 Å². The smallest absolute Gasteiger partial charge is 0.344 e. The third kappa shape index (κ3) is 5.16. The fourth-order valence-corrected chi connectivity index (χ4v) is 3.04. The minimum absolute atomic E-state index is 0.251. The average Bonchev–Trinajstić information content (AvgIpc) is 3.18. The van der Waals surface area contributed by atoms with Crippen molar-refractivity contribution in [2.75, 3.05) is 32.8 Å². The minimum atomic E-state index is -0.612. The molecule has 1 amide bonds. The Morgan fingerprint density at radius 3 is 2.32 bits per heavy atom. The van der Waals surface area contributed by atoms with E-state index >= 15 is 0 Å². The second-order valence-electron chi connectivity index (χ2n) is 6.38. The number of hydrogen-bond donors (Lipinski definition) is 1. The van der Waals surface area contributed by atoms with Gasteiger partial charge in [0.05, 0.1) is 14.2 Å². The van der Waals surface area contributed by atoms with Crippen molar-refractivity contribution in [3.05, 3.63) is 47.5 Å². The van der Waals surface area contributed by atoms with Crippen molar-refractivity contribution in [2.45, 2.75) is 19.3 Å². The fraction of sp³-hybridized carbons (Fsp3) is 0.333. The first-order valence-corrected chi connectivity index (χ1v) is 9.00. The molecular formula is C21H23NO6. The number of carbonyl (C=O) groups is 2. The Bertz CT molecular complexity index is 842. The molecule has 0 fully saturated rings. The second-order valence-corrected chi connectivity index (χ2v) is 6.38. The van der Waals surface area contributed by atoms with Gasteiger partial charge in [0.2, 0.25) is 0 Å². The highest BCUT2D eigenvalue weighted by atomic mass is 16.6. The van der Waals surface area contributed by atoms with E-state index in [9.17, 15) is 9.59 Å². The van der Waals surface area contributed by atoms with Crippen LogP contribution in [0.15, 0.2) is 36.4 Å². The lowest BCUT2D eigenvalue weighted by Crippen LogP contribution is -2.23. The summed E-state index contributed by atoms with van der Waals surface area (Å²) in [6, 6.07) is 10.8. The molecule has 28 heavy (non-hydrogen) atoms. The molecular weight excluding hydrogens is 362 g/mol. The van der Waals surface area contributed by atoms with Crippen LogP contribution in [-0.4, -0.2) is 39.3 Å². The maximum absolute atomic E-state index is 12.0. The fourth-order valence-electron chi connectivity index (χ4n) is 3.04. The van der Waals surface area contributed by atoms with E-state index in [2.05, 4.69) is 5.32 Å². The summed E-state index contributed by atoms with van der Waals surface area (Å²) in [4.78, 5) is 23.8. The molecule has 0 atom stereocenters. The number of amides is 1. The maximum Gasteiger partial charge on any atom is 0.344 e. The van der Waals surface area contributed by atoms with Crippen LogP contribution in [0.1, 0.15) is 17.5 Å². The summed E-state index contributed by atoms with van der Waals surface area (Å²) in [7, 11) is 3.03. The van der Waals surface area contributed by atoms with Crippen molar-refractivity contribution in [3.63, 3.8) is 0 Å². The van der Waals surface area contributed by atoms with Gasteiger partial charge in [-0.05, 0) is 42.5 Å². The van der Waals surface area contributed by atoms with Crippen molar-refractivity contribution < 1.29 is 28.5 Å². The standard InChI is InChI=1S/C21H23NO6/c1-25-18-9-16(10-19(11-18)26-2)22-20(23)12-28-21(24)13-27-17-7-6-14-4-3-5-15(14)8-17/h6-11H,3-5,12-13H2,1-2H3,(H,22,23). The number of rotatable bonds is 8. The first kappa shape index (κ1) is 19.5. The summed E-state index contributed by atoms with van der Waals surface area (Å²) in [5, 5.41) is 2.63. The predicted octanol–water partition coefficient (Wildman–Crippen LogP) is 2.75. The number of anilines is 1. The molecule has 7 heteroatoms. The Kier molecular flexibility index (Phi) is 6.37. The van der Waals surface area contributed by atoms with Gasteiger partial charge >= 0.3 is 5.97 Å². The molecule has 3 rings (SSSR count). The monoisotopic (exact) mass is 385 g/mol. The van der Waals surface area contributed by atoms with Crippen molar-refractivity contribution in [2.24, 2.45) is 0 Å². The summed E-state index contributed by atoms with van der Waals surface area (Å²) in [6.07, 6.45) is 3.27. The van der Waals surface area contributed by atoms with Crippen molar-refractivity contribution in [3.8, 4) is 17.2 Å². The zero-order valence-corrected chi connectivity index (χ0v) is 15.9. The van der Waals surface area contributed by atoms with Crippen LogP contribution in [0.3, 0.4) is 0 Å². The first-order valence-electron chi connectivity index (χ1n) is 9.00. The molecule has 148 valence electrons. The van der Waals surface area contributed by atoms with Gasteiger partial charge in [0.25, 0.3) is 5.91 Å². The minimum Gasteiger partial charge on any atom is -0.497 e. The van der Waals surface area contributed by atoms with E-state index in [-0.39, 0.29) is 6.61 Å². The van der Waals surface area contributed by atoms with E-state index < -0.39 is 18.5 Å². The van der Waals surface area contributed by atoms with Gasteiger partial charge in [-0.1, -0.05) is 6.07 Å². The number of hydrogen-bond acceptors (Lipinski definition) is 6. The third-order valence-corrected chi connectivity index (χ3v) is 4.43. The molecule has 0 spiro atoms. The van der Waals surface area contributed by atoms with E-state index in [0.29, 0.717) is 22.9 Å². The zero-order valence-electron chi connectivity index (χ0n) is 15.9. The van der Waals surface area contributed by atoms with Crippen LogP contribution < -0.4 is 19.5 Å². The molecule has 0 aliphatic heterocycles. The number of methoxy groups -OCH3 is 2. The highest BCUT2D eigenvalue weighted by Gasteiger charge is 2.13. The van der Waals surface area contributed by atoms with Crippen LogP contribution in [0.5, 0.6) is 17.2 Å². The number of esters is 1. The van der Waals surface area contributed by atoms with Crippen molar-refractivity contribution in [1.82, 2.24) is 0 Å². The molecule has 1 N–H and O–H groups in total. The molecule has 2 aromatic carbocycles. The molecule has 0 saturated carbocycles. The van der Waals surface area contributed by atoms with Crippen LogP contribution >= 0.6 is 0 Å². The van der Waals surface area contributed by atoms with E-state index in [0.717, 1.165) is 19.3 Å². The van der Waals surface area contributed by atoms with Gasteiger partial charge in [-0.2, -0.15) is 0 Å². The number of carbonyl (C=O) groups excluding carboxylic acids is 2. The SMILES string of the molecule is COc1cc(NC(=O)COC(=O)COc2ccc3c(c2)CCC3)cc(OC)c1. The summed E-state index contributed by atoms with van der Waals surface area (Å²) in [5.74, 6) is 0.620. The zero-order chi connectivity index (χ0) is 19.9. The number of nitrogens with one attached hydrogen (secondary N) is 1. The number of ether oxygens (including phenoxy) is 4. The summed E-state index contributed by atoms with van der Waals surface area (Å²) in [5.41, 5.74) is 3.08. The van der Waals surface area contributed by atoms with E-state index in [1.54, 1.807) is 18.2 Å². The summed E-state index contributed by atoms with van der Waals surface area (Å²) < 4.78 is 20.7. The van der Waals surface area contributed by atoms with Crippen LogP contribution in [0.4, 0.5) is 5.69 Å². The number of fused-ring (bicyclic) bond motifs is 1. The molecule has 0 saturated heterocycles. The van der Waals surface area contributed by atoms with Crippen molar-refractivity contribution >= 4 is 17.6 Å². The summed E-state index contributed by atoms with van der Waals surface area (Å²) >= 11 is 0. The van der Waals surface area contributed by atoms with Crippen LogP contribution in [0.25, 0.3) is 0 Å². The highest BCUT2D eigenvalue weighted by molar-refractivity contribution is 5.93. The van der Waals surface area contributed by atoms with Gasteiger partial charge in [-0.3, -0.25) is 4.79 Å². The van der Waals surface area contributed by atoms with Gasteiger partial charge < -0.3 is 24.3 Å². The lowest BCUT2D eigenvalue weighted by atomic mass is 10.1. The molecule has 0 heterocycles. The van der Waals surface area contributed by atoms with E-state index in [1.807, 2.05) is 18.2 Å². The van der Waals surface area contributed by atoms with Gasteiger partial charge in [-0.15, -0.1) is 0 Å². The quantitative estimate of drug-likeness (QED) is 0.704. The molecule has 0 bridgehead atoms. The topological polar surface area (TPSA) is 83.1 Å². The molecule has 0 radical (unpaired) electrons. The lowest BCUT2D eigenvalue weighted by Gasteiger charge is -2.11. The Morgan fingerprint density at radius 1 is 0.893 bits per heavy atom. The molecule has 0 unspecified atom stereocenters. The van der Waals surface area contributed by atoms with Crippen LogP contribution in [0.2, 0.25) is 0 Å².